The van der Waals surface area contributed by atoms with Crippen molar-refractivity contribution in [3.63, 3.8) is 0 Å². The average molecular weight is 219 g/mol. The van der Waals surface area contributed by atoms with Crippen molar-refractivity contribution in [2.75, 3.05) is 0 Å². The van der Waals surface area contributed by atoms with Crippen LogP contribution in [0.25, 0.3) is 0 Å². The quantitative estimate of drug-likeness (QED) is 0.699. The summed E-state index contributed by atoms with van der Waals surface area (Å²) < 4.78 is 0. The van der Waals surface area contributed by atoms with Crippen LogP contribution in [0.15, 0.2) is 12.2 Å². The normalized spacial score (nSPS) is 39.9. The Bertz CT molecular complexity index is 250. The molecule has 3 aliphatic carbocycles. The zero-order valence-electron chi connectivity index (χ0n) is 10.3. The van der Waals surface area contributed by atoms with E-state index in [1.54, 1.807) is 0 Å². The molecule has 2 saturated carbocycles. The molecule has 0 aromatic rings. The van der Waals surface area contributed by atoms with E-state index in [-0.39, 0.29) is 0 Å². The Kier molecular flexibility index (Phi) is 3.32. The Balaban J connectivity index is 1.48. The molecule has 0 radical (unpaired) electrons. The number of nitrogens with one attached hydrogen (secondary N) is 1. The van der Waals surface area contributed by atoms with Gasteiger partial charge in [-0.3, -0.25) is 0 Å². The van der Waals surface area contributed by atoms with Gasteiger partial charge in [-0.1, -0.05) is 44.3 Å². The highest BCUT2D eigenvalue weighted by Gasteiger charge is 2.41. The lowest BCUT2D eigenvalue weighted by atomic mass is 9.71. The van der Waals surface area contributed by atoms with Crippen LogP contribution in [-0.2, 0) is 0 Å². The maximum Gasteiger partial charge on any atom is 0.0138 e. The van der Waals surface area contributed by atoms with Crippen molar-refractivity contribution in [1.82, 2.24) is 5.32 Å². The van der Waals surface area contributed by atoms with Crippen molar-refractivity contribution in [2.24, 2.45) is 11.8 Å². The van der Waals surface area contributed by atoms with Crippen LogP contribution in [0.4, 0.5) is 0 Å². The van der Waals surface area contributed by atoms with Crippen LogP contribution >= 0.6 is 0 Å². The Morgan fingerprint density at radius 2 is 1.69 bits per heavy atom. The molecule has 1 heteroatoms. The molecule has 0 bridgehead atoms. The minimum atomic E-state index is 0.827. The number of fused-ring (bicyclic) bond motifs is 1. The molecular formula is C15H25N. The van der Waals surface area contributed by atoms with E-state index < -0.39 is 0 Å². The Hall–Kier alpha value is -0.300. The smallest absolute Gasteiger partial charge is 0.0138 e. The first-order valence-corrected chi connectivity index (χ1v) is 7.36. The monoisotopic (exact) mass is 219 g/mol. The summed E-state index contributed by atoms with van der Waals surface area (Å²) in [4.78, 5) is 0. The molecule has 0 spiro atoms. The molecule has 1 nitrogen and oxygen atoms in total. The third-order valence-corrected chi connectivity index (χ3v) is 4.92. The molecule has 0 aromatic carbocycles. The second-order valence-electron chi connectivity index (χ2n) is 6.05. The summed E-state index contributed by atoms with van der Waals surface area (Å²) in [5, 5.41) is 3.94. The SMILES string of the molecule is C1=CC2C(C1)CC2NC1CCCCCCC1. The van der Waals surface area contributed by atoms with E-state index in [2.05, 4.69) is 17.5 Å². The van der Waals surface area contributed by atoms with Crippen LogP contribution < -0.4 is 5.32 Å². The van der Waals surface area contributed by atoms with Crippen molar-refractivity contribution in [2.45, 2.75) is 69.9 Å². The van der Waals surface area contributed by atoms with E-state index in [9.17, 15) is 0 Å². The second-order valence-corrected chi connectivity index (χ2v) is 6.05. The predicted molar refractivity (Wildman–Crippen MR) is 68.4 cm³/mol. The van der Waals surface area contributed by atoms with Crippen molar-refractivity contribution in [1.29, 1.82) is 0 Å². The summed E-state index contributed by atoms with van der Waals surface area (Å²) in [7, 11) is 0. The van der Waals surface area contributed by atoms with Crippen LogP contribution in [0.5, 0.6) is 0 Å². The van der Waals surface area contributed by atoms with E-state index in [0.717, 1.165) is 23.9 Å². The maximum atomic E-state index is 3.94. The first-order chi connectivity index (χ1) is 7.93. The highest BCUT2D eigenvalue weighted by atomic mass is 15.0. The molecule has 0 aromatic heterocycles. The summed E-state index contributed by atoms with van der Waals surface area (Å²) in [5.74, 6) is 1.90. The van der Waals surface area contributed by atoms with E-state index in [1.807, 2.05) is 0 Å². The van der Waals surface area contributed by atoms with Crippen molar-refractivity contribution in [3.8, 4) is 0 Å². The first-order valence-electron chi connectivity index (χ1n) is 7.36. The fourth-order valence-corrected chi connectivity index (χ4v) is 3.83. The third-order valence-electron chi connectivity index (χ3n) is 4.92. The predicted octanol–water partition coefficient (Wildman–Crippen LogP) is 3.65. The lowest BCUT2D eigenvalue weighted by molar-refractivity contribution is 0.143. The van der Waals surface area contributed by atoms with Gasteiger partial charge in [-0.05, 0) is 37.5 Å². The van der Waals surface area contributed by atoms with Crippen LogP contribution in [0.1, 0.15) is 57.8 Å². The van der Waals surface area contributed by atoms with Crippen LogP contribution in [-0.4, -0.2) is 12.1 Å². The topological polar surface area (TPSA) is 12.0 Å². The van der Waals surface area contributed by atoms with Gasteiger partial charge in [0.05, 0.1) is 0 Å². The van der Waals surface area contributed by atoms with E-state index in [1.165, 1.54) is 57.8 Å². The molecule has 0 aliphatic heterocycles. The van der Waals surface area contributed by atoms with Gasteiger partial charge in [-0.25, -0.2) is 0 Å². The fraction of sp³-hybridized carbons (Fsp3) is 0.867. The Morgan fingerprint density at radius 1 is 0.938 bits per heavy atom. The van der Waals surface area contributed by atoms with Gasteiger partial charge in [0.2, 0.25) is 0 Å². The summed E-state index contributed by atoms with van der Waals surface area (Å²) in [6.07, 6.45) is 17.8. The summed E-state index contributed by atoms with van der Waals surface area (Å²) in [5.41, 5.74) is 0. The van der Waals surface area contributed by atoms with Crippen LogP contribution in [0, 0.1) is 11.8 Å². The van der Waals surface area contributed by atoms with Gasteiger partial charge >= 0.3 is 0 Å². The third kappa shape index (κ3) is 2.20. The van der Waals surface area contributed by atoms with Gasteiger partial charge in [0.15, 0.2) is 0 Å². The van der Waals surface area contributed by atoms with Gasteiger partial charge in [0.25, 0.3) is 0 Å². The van der Waals surface area contributed by atoms with Crippen LogP contribution in [0.2, 0.25) is 0 Å². The molecule has 1 N–H and O–H groups in total. The number of allylic oxidation sites excluding steroid dienone is 1. The molecule has 3 aliphatic rings. The Morgan fingerprint density at radius 3 is 2.44 bits per heavy atom. The van der Waals surface area contributed by atoms with Crippen molar-refractivity contribution in [3.05, 3.63) is 12.2 Å². The largest absolute Gasteiger partial charge is 0.311 e. The lowest BCUT2D eigenvalue weighted by Gasteiger charge is -2.43. The minimum absolute atomic E-state index is 0.827. The first kappa shape index (κ1) is 10.8. The van der Waals surface area contributed by atoms with Gasteiger partial charge in [0.1, 0.15) is 0 Å². The van der Waals surface area contributed by atoms with Gasteiger partial charge in [-0.15, -0.1) is 0 Å². The molecule has 3 unspecified atom stereocenters. The van der Waals surface area contributed by atoms with Crippen molar-refractivity contribution >= 4 is 0 Å². The second kappa shape index (κ2) is 4.91. The zero-order valence-corrected chi connectivity index (χ0v) is 10.3. The maximum absolute atomic E-state index is 3.94. The molecule has 3 rings (SSSR count). The molecule has 90 valence electrons. The van der Waals surface area contributed by atoms with E-state index in [0.29, 0.717) is 0 Å². The van der Waals surface area contributed by atoms with Crippen LogP contribution in [0.3, 0.4) is 0 Å². The van der Waals surface area contributed by atoms with Crippen molar-refractivity contribution < 1.29 is 0 Å². The molecule has 3 atom stereocenters. The molecule has 0 heterocycles. The number of hydrogen-bond acceptors (Lipinski definition) is 1. The molecule has 16 heavy (non-hydrogen) atoms. The molecule has 0 amide bonds. The lowest BCUT2D eigenvalue weighted by Crippen LogP contribution is -2.51. The molecule has 0 saturated heterocycles. The summed E-state index contributed by atoms with van der Waals surface area (Å²) in [6.45, 7) is 0. The standard InChI is InChI=1S/C15H25N/c1-2-4-8-13(9-5-3-1)16-15-11-12-7-6-10-14(12)15/h6,10,12-16H,1-5,7-9,11H2. The van der Waals surface area contributed by atoms with Gasteiger partial charge in [-0.2, -0.15) is 0 Å². The summed E-state index contributed by atoms with van der Waals surface area (Å²) >= 11 is 0. The van der Waals surface area contributed by atoms with E-state index in [4.69, 9.17) is 0 Å². The van der Waals surface area contributed by atoms with Gasteiger partial charge < -0.3 is 5.32 Å². The zero-order chi connectivity index (χ0) is 10.8. The highest BCUT2D eigenvalue weighted by molar-refractivity contribution is 5.13. The molecular weight excluding hydrogens is 194 g/mol. The number of rotatable bonds is 2. The Labute approximate surface area is 99.7 Å². The highest BCUT2D eigenvalue weighted by Crippen LogP contribution is 2.43. The van der Waals surface area contributed by atoms with E-state index >= 15 is 0 Å². The average Bonchev–Trinajstić information content (AvgIpc) is 2.58. The molecule has 2 fully saturated rings. The minimum Gasteiger partial charge on any atom is -0.311 e. The fourth-order valence-electron chi connectivity index (χ4n) is 3.83. The number of hydrogen-bond donors (Lipinski definition) is 1. The summed E-state index contributed by atoms with van der Waals surface area (Å²) in [6, 6.07) is 1.66. The van der Waals surface area contributed by atoms with Gasteiger partial charge in [0, 0.05) is 12.1 Å².